The Labute approximate surface area is 72.6 Å². The predicted octanol–water partition coefficient (Wildman–Crippen LogP) is 1.69. The maximum atomic E-state index is 10.4. The van der Waals surface area contributed by atoms with Crippen molar-refractivity contribution in [2.75, 3.05) is 5.73 Å². The van der Waals surface area contributed by atoms with Gasteiger partial charge in [0.2, 0.25) is 0 Å². The molecular weight excluding hydrogens is 241 g/mol. The molecule has 1 aromatic rings. The van der Waals surface area contributed by atoms with E-state index in [0.717, 1.165) is 9.86 Å². The van der Waals surface area contributed by atoms with Crippen LogP contribution >= 0.6 is 22.6 Å². The van der Waals surface area contributed by atoms with Crippen LogP contribution in [0.3, 0.4) is 0 Å². The van der Waals surface area contributed by atoms with Crippen molar-refractivity contribution in [2.24, 2.45) is 0 Å². The van der Waals surface area contributed by atoms with Crippen LogP contribution in [0.5, 0.6) is 0 Å². The third kappa shape index (κ3) is 1.29. The molecule has 0 amide bonds. The lowest BCUT2D eigenvalue weighted by Crippen LogP contribution is -1.94. The largest absolute Gasteiger partial charge is 0.398 e. The quantitative estimate of drug-likeness (QED) is 0.466. The number of halogens is 1. The van der Waals surface area contributed by atoms with Gasteiger partial charge in [0.15, 0.2) is 6.29 Å². The number of rotatable bonds is 1. The first-order valence-corrected chi connectivity index (χ1v) is 3.82. The van der Waals surface area contributed by atoms with Crippen LogP contribution < -0.4 is 5.73 Å². The fraction of sp³-hybridized carbons (Fsp3) is 0. The van der Waals surface area contributed by atoms with E-state index in [-0.39, 0.29) is 0 Å². The van der Waals surface area contributed by atoms with Crippen molar-refractivity contribution in [1.29, 1.82) is 0 Å². The van der Waals surface area contributed by atoms with E-state index in [1.54, 1.807) is 6.07 Å². The number of nitrogen functional groups attached to an aromatic ring is 1. The Hall–Kier alpha value is -0.580. The van der Waals surface area contributed by atoms with Gasteiger partial charge in [0.25, 0.3) is 0 Å². The molecular formula is C7H6INO. The van der Waals surface area contributed by atoms with Crippen LogP contribution in [0.25, 0.3) is 0 Å². The zero-order chi connectivity index (χ0) is 7.56. The van der Waals surface area contributed by atoms with Crippen molar-refractivity contribution >= 4 is 34.6 Å². The minimum atomic E-state index is 0.543. The van der Waals surface area contributed by atoms with Crippen LogP contribution in [0.15, 0.2) is 18.2 Å². The molecule has 0 unspecified atom stereocenters. The smallest absolute Gasteiger partial charge is 0.153 e. The van der Waals surface area contributed by atoms with E-state index in [2.05, 4.69) is 22.6 Å². The van der Waals surface area contributed by atoms with Crippen molar-refractivity contribution in [2.45, 2.75) is 0 Å². The summed E-state index contributed by atoms with van der Waals surface area (Å²) in [6.07, 6.45) is 0.775. The molecule has 52 valence electrons. The highest BCUT2D eigenvalue weighted by Gasteiger charge is 1.99. The summed E-state index contributed by atoms with van der Waals surface area (Å²) in [5.74, 6) is 0. The van der Waals surface area contributed by atoms with E-state index in [4.69, 9.17) is 5.73 Å². The van der Waals surface area contributed by atoms with Gasteiger partial charge in [0.1, 0.15) is 0 Å². The highest BCUT2D eigenvalue weighted by Crippen LogP contribution is 2.15. The van der Waals surface area contributed by atoms with Gasteiger partial charge in [-0.05, 0) is 34.7 Å². The second kappa shape index (κ2) is 3.01. The predicted molar refractivity (Wildman–Crippen MR) is 49.0 cm³/mol. The van der Waals surface area contributed by atoms with Crippen molar-refractivity contribution in [3.63, 3.8) is 0 Å². The fourth-order valence-corrected chi connectivity index (χ4v) is 1.32. The van der Waals surface area contributed by atoms with Crippen LogP contribution in [0, 0.1) is 3.57 Å². The standard InChI is InChI=1S/C7H6INO/c8-6-2-1-3-7(9)5(6)4-10/h1-4H,9H2. The SMILES string of the molecule is Nc1cccc(I)c1C=O. The van der Waals surface area contributed by atoms with Crippen LogP contribution in [0.2, 0.25) is 0 Å². The van der Waals surface area contributed by atoms with Crippen LogP contribution in [-0.4, -0.2) is 6.29 Å². The molecule has 1 aromatic carbocycles. The van der Waals surface area contributed by atoms with Crippen molar-refractivity contribution in [3.05, 3.63) is 27.3 Å². The van der Waals surface area contributed by atoms with Crippen molar-refractivity contribution in [1.82, 2.24) is 0 Å². The average molecular weight is 247 g/mol. The monoisotopic (exact) mass is 247 g/mol. The Morgan fingerprint density at radius 3 is 2.60 bits per heavy atom. The molecule has 0 saturated carbocycles. The maximum absolute atomic E-state index is 10.4. The van der Waals surface area contributed by atoms with Gasteiger partial charge in [0.05, 0.1) is 5.56 Å². The summed E-state index contributed by atoms with van der Waals surface area (Å²) in [4.78, 5) is 10.4. The first-order valence-electron chi connectivity index (χ1n) is 2.75. The highest BCUT2D eigenvalue weighted by molar-refractivity contribution is 14.1. The number of anilines is 1. The van der Waals surface area contributed by atoms with Crippen LogP contribution in [-0.2, 0) is 0 Å². The van der Waals surface area contributed by atoms with Gasteiger partial charge in [-0.3, -0.25) is 4.79 Å². The fourth-order valence-electron chi connectivity index (χ4n) is 0.678. The average Bonchev–Trinajstić information content (AvgIpc) is 1.88. The lowest BCUT2D eigenvalue weighted by molar-refractivity contribution is 0.112. The molecule has 0 aliphatic heterocycles. The third-order valence-electron chi connectivity index (χ3n) is 1.20. The molecule has 0 spiro atoms. The van der Waals surface area contributed by atoms with Gasteiger partial charge in [-0.1, -0.05) is 6.07 Å². The topological polar surface area (TPSA) is 43.1 Å². The van der Waals surface area contributed by atoms with Gasteiger partial charge in [-0.25, -0.2) is 0 Å². The first-order chi connectivity index (χ1) is 4.75. The minimum absolute atomic E-state index is 0.543. The van der Waals surface area contributed by atoms with E-state index >= 15 is 0 Å². The van der Waals surface area contributed by atoms with Crippen LogP contribution in [0.1, 0.15) is 10.4 Å². The molecule has 3 heteroatoms. The maximum Gasteiger partial charge on any atom is 0.153 e. The Balaban J connectivity index is 3.30. The zero-order valence-electron chi connectivity index (χ0n) is 5.17. The summed E-state index contributed by atoms with van der Waals surface area (Å²) in [6, 6.07) is 5.39. The summed E-state index contributed by atoms with van der Waals surface area (Å²) < 4.78 is 0.896. The Kier molecular flexibility index (Phi) is 2.26. The Bertz CT molecular complexity index is 240. The van der Waals surface area contributed by atoms with Crippen molar-refractivity contribution < 1.29 is 4.79 Å². The molecule has 0 atom stereocenters. The van der Waals surface area contributed by atoms with Gasteiger partial charge in [-0.2, -0.15) is 0 Å². The number of hydrogen-bond acceptors (Lipinski definition) is 2. The Morgan fingerprint density at radius 1 is 1.50 bits per heavy atom. The second-order valence-corrected chi connectivity index (χ2v) is 3.02. The molecule has 0 heterocycles. The van der Waals surface area contributed by atoms with Gasteiger partial charge < -0.3 is 5.73 Å². The number of hydrogen-bond donors (Lipinski definition) is 1. The first kappa shape index (κ1) is 7.53. The Morgan fingerprint density at radius 2 is 2.20 bits per heavy atom. The van der Waals surface area contributed by atoms with Crippen LogP contribution in [0.4, 0.5) is 5.69 Å². The molecule has 0 aliphatic carbocycles. The summed E-state index contributed by atoms with van der Waals surface area (Å²) in [5.41, 5.74) is 6.63. The zero-order valence-corrected chi connectivity index (χ0v) is 7.33. The summed E-state index contributed by atoms with van der Waals surface area (Å²) in [5, 5.41) is 0. The molecule has 0 saturated heterocycles. The van der Waals surface area contributed by atoms with E-state index in [9.17, 15) is 4.79 Å². The lowest BCUT2D eigenvalue weighted by atomic mass is 10.2. The number of nitrogens with two attached hydrogens (primary N) is 1. The summed E-state index contributed by atoms with van der Waals surface area (Å²) in [6.45, 7) is 0. The number of aldehydes is 1. The molecule has 1 rings (SSSR count). The van der Waals surface area contributed by atoms with E-state index < -0.39 is 0 Å². The van der Waals surface area contributed by atoms with E-state index in [1.165, 1.54) is 0 Å². The third-order valence-corrected chi connectivity index (χ3v) is 2.15. The summed E-state index contributed by atoms with van der Waals surface area (Å²) in [7, 11) is 0. The van der Waals surface area contributed by atoms with E-state index in [0.29, 0.717) is 11.3 Å². The lowest BCUT2D eigenvalue weighted by Gasteiger charge is -1.98. The number of carbonyl (C=O) groups excluding carboxylic acids is 1. The molecule has 0 aromatic heterocycles. The van der Waals surface area contributed by atoms with E-state index in [1.807, 2.05) is 12.1 Å². The minimum Gasteiger partial charge on any atom is -0.398 e. The molecule has 0 radical (unpaired) electrons. The second-order valence-electron chi connectivity index (χ2n) is 1.86. The molecule has 0 aliphatic rings. The molecule has 0 bridgehead atoms. The number of carbonyl (C=O) groups is 1. The molecule has 10 heavy (non-hydrogen) atoms. The van der Waals surface area contributed by atoms with Gasteiger partial charge >= 0.3 is 0 Å². The van der Waals surface area contributed by atoms with Gasteiger partial charge in [-0.15, -0.1) is 0 Å². The molecule has 2 nitrogen and oxygen atoms in total. The van der Waals surface area contributed by atoms with Gasteiger partial charge in [0, 0.05) is 9.26 Å². The molecule has 2 N–H and O–H groups in total. The molecule has 0 fully saturated rings. The highest BCUT2D eigenvalue weighted by atomic mass is 127. The summed E-state index contributed by atoms with van der Waals surface area (Å²) >= 11 is 2.07. The normalized spacial score (nSPS) is 9.30. The number of benzene rings is 1. The van der Waals surface area contributed by atoms with Crippen molar-refractivity contribution in [3.8, 4) is 0 Å².